The Morgan fingerprint density at radius 1 is 1.47 bits per heavy atom. The first-order valence-electron chi connectivity index (χ1n) is 4.79. The Balaban J connectivity index is 2.38. The molecule has 0 fully saturated rings. The molecule has 80 valence electrons. The highest BCUT2D eigenvalue weighted by molar-refractivity contribution is 5.71. The van der Waals surface area contributed by atoms with Crippen LogP contribution in [0.25, 0.3) is 0 Å². The third-order valence-corrected chi connectivity index (χ3v) is 2.85. The molecule has 3 nitrogen and oxygen atoms in total. The number of carboxylic acids is 1. The molecule has 1 aliphatic rings. The van der Waals surface area contributed by atoms with Crippen molar-refractivity contribution < 1.29 is 19.4 Å². The minimum atomic E-state index is -1.02. The first kappa shape index (κ1) is 10.1. The molecule has 1 aromatic rings. The lowest BCUT2D eigenvalue weighted by Gasteiger charge is -2.27. The van der Waals surface area contributed by atoms with E-state index in [2.05, 4.69) is 0 Å². The Bertz CT molecular complexity index is 403. The molecule has 2 N–H and O–H groups in total. The minimum Gasteiger partial charge on any atom is -0.481 e. The molecule has 4 heteroatoms. The van der Waals surface area contributed by atoms with Gasteiger partial charge in [0.25, 0.3) is 0 Å². The second kappa shape index (κ2) is 3.62. The van der Waals surface area contributed by atoms with E-state index in [4.69, 9.17) is 5.11 Å². The van der Waals surface area contributed by atoms with Crippen molar-refractivity contribution in [3.63, 3.8) is 0 Å². The molecule has 0 spiro atoms. The summed E-state index contributed by atoms with van der Waals surface area (Å²) in [7, 11) is 0. The Kier molecular flexibility index (Phi) is 2.44. The van der Waals surface area contributed by atoms with E-state index in [9.17, 15) is 14.3 Å². The Hall–Kier alpha value is -1.42. The van der Waals surface area contributed by atoms with E-state index in [0.29, 0.717) is 24.0 Å². The summed E-state index contributed by atoms with van der Waals surface area (Å²) in [6.45, 7) is 0. The molecular formula is C11H11FO3. The molecule has 0 amide bonds. The molecule has 0 saturated carbocycles. The molecule has 1 aromatic carbocycles. The summed E-state index contributed by atoms with van der Waals surface area (Å²) in [5.74, 6) is -2.13. The van der Waals surface area contributed by atoms with Crippen LogP contribution in [0.15, 0.2) is 18.2 Å². The number of rotatable bonds is 1. The number of fused-ring (bicyclic) bond motifs is 1. The van der Waals surface area contributed by atoms with Crippen molar-refractivity contribution in [1.82, 2.24) is 0 Å². The number of benzene rings is 1. The van der Waals surface area contributed by atoms with Crippen LogP contribution in [0.3, 0.4) is 0 Å². The standard InChI is InChI=1S/C11H11FO3/c12-7-2-4-8-6(5-7)1-3-9(10(8)13)11(14)15/h2,4-5,9-10,13H,1,3H2,(H,14,15)/t9-,10+/m0/s1. The third kappa shape index (κ3) is 1.72. The van der Waals surface area contributed by atoms with Crippen molar-refractivity contribution in [3.05, 3.63) is 35.1 Å². The molecule has 0 unspecified atom stereocenters. The molecule has 2 rings (SSSR count). The molecular weight excluding hydrogens is 199 g/mol. The number of aryl methyl sites for hydroxylation is 1. The van der Waals surface area contributed by atoms with Crippen molar-refractivity contribution in [2.24, 2.45) is 5.92 Å². The first-order valence-corrected chi connectivity index (χ1v) is 4.79. The van der Waals surface area contributed by atoms with Gasteiger partial charge in [-0.05, 0) is 36.1 Å². The number of halogens is 1. The van der Waals surface area contributed by atoms with Gasteiger partial charge >= 0.3 is 5.97 Å². The quantitative estimate of drug-likeness (QED) is 0.738. The van der Waals surface area contributed by atoms with E-state index < -0.39 is 18.0 Å². The van der Waals surface area contributed by atoms with Crippen LogP contribution in [-0.2, 0) is 11.2 Å². The summed E-state index contributed by atoms with van der Waals surface area (Å²) in [5, 5.41) is 18.6. The fraction of sp³-hybridized carbons (Fsp3) is 0.364. The number of aliphatic hydroxyl groups excluding tert-OH is 1. The normalized spacial score (nSPS) is 24.7. The number of hydrogen-bond donors (Lipinski definition) is 2. The first-order chi connectivity index (χ1) is 7.09. The van der Waals surface area contributed by atoms with Gasteiger partial charge in [-0.2, -0.15) is 0 Å². The van der Waals surface area contributed by atoms with Crippen LogP contribution < -0.4 is 0 Å². The van der Waals surface area contributed by atoms with Crippen molar-refractivity contribution in [2.45, 2.75) is 18.9 Å². The topological polar surface area (TPSA) is 57.5 Å². The van der Waals surface area contributed by atoms with Crippen LogP contribution in [-0.4, -0.2) is 16.2 Å². The number of aliphatic carboxylic acids is 1. The van der Waals surface area contributed by atoms with Gasteiger partial charge in [0.05, 0.1) is 12.0 Å². The lowest BCUT2D eigenvalue weighted by atomic mass is 9.81. The molecule has 15 heavy (non-hydrogen) atoms. The third-order valence-electron chi connectivity index (χ3n) is 2.85. The smallest absolute Gasteiger partial charge is 0.309 e. The van der Waals surface area contributed by atoms with E-state index in [1.165, 1.54) is 18.2 Å². The number of aliphatic hydroxyl groups is 1. The number of hydrogen-bond acceptors (Lipinski definition) is 2. The summed E-state index contributed by atoms with van der Waals surface area (Å²) in [6.07, 6.45) is -0.166. The van der Waals surface area contributed by atoms with Gasteiger partial charge in [-0.15, -0.1) is 0 Å². The Labute approximate surface area is 86.2 Å². The van der Waals surface area contributed by atoms with Crippen molar-refractivity contribution in [2.75, 3.05) is 0 Å². The van der Waals surface area contributed by atoms with Crippen LogP contribution in [0.2, 0.25) is 0 Å². The van der Waals surface area contributed by atoms with Crippen LogP contribution in [0, 0.1) is 11.7 Å². The van der Waals surface area contributed by atoms with Crippen LogP contribution in [0.4, 0.5) is 4.39 Å². The van der Waals surface area contributed by atoms with Gasteiger partial charge in [-0.1, -0.05) is 6.07 Å². The lowest BCUT2D eigenvalue weighted by molar-refractivity contribution is -0.146. The van der Waals surface area contributed by atoms with Crippen LogP contribution in [0.1, 0.15) is 23.7 Å². The second-order valence-electron chi connectivity index (χ2n) is 3.77. The molecule has 0 aromatic heterocycles. The second-order valence-corrected chi connectivity index (χ2v) is 3.77. The molecule has 0 radical (unpaired) electrons. The maximum atomic E-state index is 12.9. The maximum absolute atomic E-state index is 12.9. The fourth-order valence-electron chi connectivity index (χ4n) is 2.02. The van der Waals surface area contributed by atoms with Gasteiger partial charge in [0.1, 0.15) is 5.82 Å². The van der Waals surface area contributed by atoms with Crippen LogP contribution in [0.5, 0.6) is 0 Å². The lowest BCUT2D eigenvalue weighted by Crippen LogP contribution is -2.27. The largest absolute Gasteiger partial charge is 0.481 e. The van der Waals surface area contributed by atoms with Crippen molar-refractivity contribution in [1.29, 1.82) is 0 Å². The molecule has 2 atom stereocenters. The van der Waals surface area contributed by atoms with E-state index >= 15 is 0 Å². The van der Waals surface area contributed by atoms with E-state index in [1.807, 2.05) is 0 Å². The predicted octanol–water partition coefficient (Wildman–Crippen LogP) is 1.51. The summed E-state index contributed by atoms with van der Waals surface area (Å²) >= 11 is 0. The SMILES string of the molecule is O=C(O)[C@H]1CCc2cc(F)ccc2[C@H]1O. The van der Waals surface area contributed by atoms with Gasteiger partial charge < -0.3 is 10.2 Å². The summed E-state index contributed by atoms with van der Waals surface area (Å²) in [4.78, 5) is 10.8. The molecule has 0 saturated heterocycles. The summed E-state index contributed by atoms with van der Waals surface area (Å²) in [5.41, 5.74) is 1.25. The number of carboxylic acid groups (broad SMARTS) is 1. The molecule has 0 bridgehead atoms. The average Bonchev–Trinajstić information content (AvgIpc) is 2.17. The van der Waals surface area contributed by atoms with E-state index in [1.54, 1.807) is 0 Å². The van der Waals surface area contributed by atoms with Gasteiger partial charge in [0.2, 0.25) is 0 Å². The monoisotopic (exact) mass is 210 g/mol. The zero-order valence-corrected chi connectivity index (χ0v) is 7.98. The average molecular weight is 210 g/mol. The summed E-state index contributed by atoms with van der Waals surface area (Å²) < 4.78 is 12.9. The highest BCUT2D eigenvalue weighted by Gasteiger charge is 2.32. The van der Waals surface area contributed by atoms with Crippen molar-refractivity contribution in [3.8, 4) is 0 Å². The highest BCUT2D eigenvalue weighted by Crippen LogP contribution is 2.34. The summed E-state index contributed by atoms with van der Waals surface area (Å²) in [6, 6.07) is 4.06. The van der Waals surface area contributed by atoms with Gasteiger partial charge in [0, 0.05) is 0 Å². The van der Waals surface area contributed by atoms with Gasteiger partial charge in [-0.25, -0.2) is 4.39 Å². The minimum absolute atomic E-state index is 0.352. The molecule has 1 aliphatic carbocycles. The molecule has 0 aliphatic heterocycles. The van der Waals surface area contributed by atoms with Crippen molar-refractivity contribution >= 4 is 5.97 Å². The van der Waals surface area contributed by atoms with Gasteiger partial charge in [0.15, 0.2) is 0 Å². The molecule has 0 heterocycles. The van der Waals surface area contributed by atoms with E-state index in [-0.39, 0.29) is 5.82 Å². The van der Waals surface area contributed by atoms with Gasteiger partial charge in [-0.3, -0.25) is 4.79 Å². The Morgan fingerprint density at radius 3 is 2.87 bits per heavy atom. The van der Waals surface area contributed by atoms with E-state index in [0.717, 1.165) is 0 Å². The number of carbonyl (C=O) groups is 1. The maximum Gasteiger partial charge on any atom is 0.309 e. The fourth-order valence-corrected chi connectivity index (χ4v) is 2.02. The highest BCUT2D eigenvalue weighted by atomic mass is 19.1. The Morgan fingerprint density at radius 2 is 2.20 bits per heavy atom. The zero-order valence-electron chi connectivity index (χ0n) is 7.98. The zero-order chi connectivity index (χ0) is 11.0. The van der Waals surface area contributed by atoms with Crippen LogP contribution >= 0.6 is 0 Å². The predicted molar refractivity (Wildman–Crippen MR) is 50.8 cm³/mol.